The second-order valence-electron chi connectivity index (χ2n) is 9.12. The van der Waals surface area contributed by atoms with Crippen LogP contribution in [0.2, 0.25) is 0 Å². The minimum Gasteiger partial charge on any atom is -0.376 e. The Bertz CT molecular complexity index is 866. The van der Waals surface area contributed by atoms with Gasteiger partial charge in [0.1, 0.15) is 5.82 Å². The third kappa shape index (κ3) is 4.43. The van der Waals surface area contributed by atoms with Crippen LogP contribution in [0.15, 0.2) is 24.3 Å². The minimum atomic E-state index is -1.52. The number of rotatable bonds is 6. The normalized spacial score (nSPS) is 27.1. The van der Waals surface area contributed by atoms with E-state index in [1.165, 1.54) is 21.9 Å². The number of amides is 3. The minimum absolute atomic E-state index is 0.121. The summed E-state index contributed by atoms with van der Waals surface area (Å²) >= 11 is 0. The van der Waals surface area contributed by atoms with Gasteiger partial charge >= 0.3 is 0 Å². The Balaban J connectivity index is 1.60. The van der Waals surface area contributed by atoms with Gasteiger partial charge in [0, 0.05) is 38.0 Å². The Kier molecular flexibility index (Phi) is 6.90. The van der Waals surface area contributed by atoms with Gasteiger partial charge in [-0.1, -0.05) is 37.5 Å². The lowest BCUT2D eigenvalue weighted by Crippen LogP contribution is -2.48. The fraction of sp³-hybridized carbons (Fsp3) is 0.625. The van der Waals surface area contributed by atoms with Crippen LogP contribution in [0.4, 0.5) is 4.39 Å². The van der Waals surface area contributed by atoms with Gasteiger partial charge in [0.2, 0.25) is 17.7 Å². The Morgan fingerprint density at radius 2 is 1.94 bits per heavy atom. The number of hydrogen-bond donors (Lipinski definition) is 0. The molecule has 1 aromatic rings. The zero-order valence-electron chi connectivity index (χ0n) is 18.6. The molecule has 0 bridgehead atoms. The lowest BCUT2D eigenvalue weighted by molar-refractivity contribution is -0.146. The van der Waals surface area contributed by atoms with Crippen LogP contribution in [0.25, 0.3) is 0 Å². The van der Waals surface area contributed by atoms with Crippen LogP contribution in [0.1, 0.15) is 50.5 Å². The molecular weight excluding hydrogens is 415 g/mol. The molecule has 2 saturated heterocycles. The highest BCUT2D eigenvalue weighted by Crippen LogP contribution is 2.43. The van der Waals surface area contributed by atoms with E-state index in [9.17, 15) is 18.8 Å². The first-order chi connectivity index (χ1) is 15.4. The molecule has 2 heterocycles. The smallest absolute Gasteiger partial charge is 0.241 e. The van der Waals surface area contributed by atoms with Crippen molar-refractivity contribution in [2.24, 2.45) is 0 Å². The van der Waals surface area contributed by atoms with Gasteiger partial charge in [0.05, 0.1) is 31.3 Å². The van der Waals surface area contributed by atoms with E-state index in [-0.39, 0.29) is 42.4 Å². The Hall–Kier alpha value is -2.32. The van der Waals surface area contributed by atoms with Crippen LogP contribution in [0, 0.1) is 5.82 Å². The molecule has 1 aliphatic carbocycles. The molecular formula is C24H31FN2O5. The molecule has 2 aliphatic heterocycles. The second kappa shape index (κ2) is 9.67. The third-order valence-corrected chi connectivity index (χ3v) is 6.92. The number of hydrogen-bond acceptors (Lipinski definition) is 5. The van der Waals surface area contributed by atoms with Gasteiger partial charge in [-0.3, -0.25) is 19.3 Å². The molecule has 7 nitrogen and oxygen atoms in total. The number of halogens is 1. The predicted molar refractivity (Wildman–Crippen MR) is 114 cm³/mol. The zero-order chi connectivity index (χ0) is 22.7. The number of carbonyl (C=O) groups is 3. The highest BCUT2D eigenvalue weighted by Gasteiger charge is 2.56. The van der Waals surface area contributed by atoms with Crippen LogP contribution in [-0.4, -0.2) is 73.1 Å². The average Bonchev–Trinajstić information content (AvgIpc) is 3.05. The van der Waals surface area contributed by atoms with E-state index in [0.29, 0.717) is 26.4 Å². The van der Waals surface area contributed by atoms with Crippen LogP contribution < -0.4 is 0 Å². The van der Waals surface area contributed by atoms with Gasteiger partial charge in [0.15, 0.2) is 0 Å². The van der Waals surface area contributed by atoms with Gasteiger partial charge in [-0.05, 0) is 18.9 Å². The lowest BCUT2D eigenvalue weighted by atomic mass is 9.75. The number of ether oxygens (including phenoxy) is 2. The van der Waals surface area contributed by atoms with Crippen LogP contribution in [0.3, 0.4) is 0 Å². The Labute approximate surface area is 187 Å². The van der Waals surface area contributed by atoms with Crippen molar-refractivity contribution in [2.45, 2.75) is 62.5 Å². The third-order valence-electron chi connectivity index (χ3n) is 6.92. The monoisotopic (exact) mass is 446 g/mol. The largest absolute Gasteiger partial charge is 0.376 e. The summed E-state index contributed by atoms with van der Waals surface area (Å²) in [5.74, 6) is -1.66. The zero-order valence-corrected chi connectivity index (χ0v) is 18.6. The number of likely N-dealkylation sites (N-methyl/N-ethyl adjacent to an activating group) is 1. The number of imide groups is 1. The van der Waals surface area contributed by atoms with Gasteiger partial charge in [-0.25, -0.2) is 4.39 Å². The second-order valence-corrected chi connectivity index (χ2v) is 9.12. The standard InChI is InChI=1S/C24H31FN2O5/c1-26(15-18-16-31-11-12-32-18)21(28)13-24(19-9-5-6-10-20(19)25)14-22(29)27(23(24)30)17-7-3-2-4-8-17/h5-6,9-10,17-18H,2-4,7-8,11-16H2,1H3/t18-,24+/m0/s1. The van der Waals surface area contributed by atoms with Gasteiger partial charge in [0.25, 0.3) is 0 Å². The molecule has 1 saturated carbocycles. The molecule has 0 radical (unpaired) electrons. The fourth-order valence-electron chi connectivity index (χ4n) is 5.21. The Morgan fingerprint density at radius 3 is 2.62 bits per heavy atom. The fourth-order valence-corrected chi connectivity index (χ4v) is 5.21. The Morgan fingerprint density at radius 1 is 1.19 bits per heavy atom. The first-order valence-electron chi connectivity index (χ1n) is 11.5. The van der Waals surface area contributed by atoms with E-state index in [1.54, 1.807) is 19.2 Å². The van der Waals surface area contributed by atoms with Crippen LogP contribution in [-0.2, 0) is 29.3 Å². The molecule has 1 aromatic carbocycles. The van der Waals surface area contributed by atoms with E-state index in [1.807, 2.05) is 0 Å². The molecule has 0 spiro atoms. The predicted octanol–water partition coefficient (Wildman–Crippen LogP) is 2.42. The first-order valence-corrected chi connectivity index (χ1v) is 11.5. The van der Waals surface area contributed by atoms with E-state index in [2.05, 4.69) is 0 Å². The van der Waals surface area contributed by atoms with E-state index in [4.69, 9.17) is 9.47 Å². The summed E-state index contributed by atoms with van der Waals surface area (Å²) in [4.78, 5) is 42.9. The summed E-state index contributed by atoms with van der Waals surface area (Å²) in [6.07, 6.45) is 3.83. The van der Waals surface area contributed by atoms with Crippen molar-refractivity contribution in [3.8, 4) is 0 Å². The van der Waals surface area contributed by atoms with Crippen molar-refractivity contribution in [3.05, 3.63) is 35.6 Å². The van der Waals surface area contributed by atoms with Crippen molar-refractivity contribution in [2.75, 3.05) is 33.4 Å². The van der Waals surface area contributed by atoms with E-state index < -0.39 is 17.1 Å². The summed E-state index contributed by atoms with van der Waals surface area (Å²) in [6, 6.07) is 5.82. The molecule has 174 valence electrons. The van der Waals surface area contributed by atoms with Gasteiger partial charge in [-0.2, -0.15) is 0 Å². The molecule has 3 aliphatic rings. The molecule has 32 heavy (non-hydrogen) atoms. The van der Waals surface area contributed by atoms with Crippen LogP contribution >= 0.6 is 0 Å². The SMILES string of the molecule is CN(C[C@H]1COCCO1)C(=O)C[C@]1(c2ccccc2F)CC(=O)N(C2CCCCC2)C1=O. The summed E-state index contributed by atoms with van der Waals surface area (Å²) < 4.78 is 26.0. The molecule has 8 heteroatoms. The van der Waals surface area contributed by atoms with Crippen molar-refractivity contribution in [1.82, 2.24) is 9.80 Å². The van der Waals surface area contributed by atoms with Crippen molar-refractivity contribution in [1.29, 1.82) is 0 Å². The van der Waals surface area contributed by atoms with Crippen molar-refractivity contribution < 1.29 is 28.2 Å². The number of likely N-dealkylation sites (tertiary alicyclic amines) is 1. The molecule has 4 rings (SSSR count). The van der Waals surface area contributed by atoms with Crippen molar-refractivity contribution >= 4 is 17.7 Å². The summed E-state index contributed by atoms with van der Waals surface area (Å²) in [6.45, 7) is 1.69. The van der Waals surface area contributed by atoms with Crippen LogP contribution in [0.5, 0.6) is 0 Å². The number of nitrogens with zero attached hydrogens (tertiary/aromatic N) is 2. The topological polar surface area (TPSA) is 76.2 Å². The number of carbonyl (C=O) groups excluding carboxylic acids is 3. The highest BCUT2D eigenvalue weighted by molar-refractivity contribution is 6.11. The maximum Gasteiger partial charge on any atom is 0.241 e. The molecule has 2 atom stereocenters. The first kappa shape index (κ1) is 22.9. The maximum absolute atomic E-state index is 14.9. The summed E-state index contributed by atoms with van der Waals surface area (Å²) in [7, 11) is 1.63. The van der Waals surface area contributed by atoms with E-state index in [0.717, 1.165) is 32.1 Å². The molecule has 0 N–H and O–H groups in total. The summed E-state index contributed by atoms with van der Waals surface area (Å²) in [5.41, 5.74) is -1.40. The van der Waals surface area contributed by atoms with Gasteiger partial charge < -0.3 is 14.4 Å². The van der Waals surface area contributed by atoms with E-state index >= 15 is 0 Å². The van der Waals surface area contributed by atoms with Crippen molar-refractivity contribution in [3.63, 3.8) is 0 Å². The number of benzene rings is 1. The van der Waals surface area contributed by atoms with Gasteiger partial charge in [-0.15, -0.1) is 0 Å². The molecule has 3 amide bonds. The quantitative estimate of drug-likeness (QED) is 0.628. The average molecular weight is 447 g/mol. The molecule has 0 unspecified atom stereocenters. The molecule has 0 aromatic heterocycles. The summed E-state index contributed by atoms with van der Waals surface area (Å²) in [5, 5.41) is 0. The maximum atomic E-state index is 14.9. The highest BCUT2D eigenvalue weighted by atomic mass is 19.1. The molecule has 3 fully saturated rings. The lowest BCUT2D eigenvalue weighted by Gasteiger charge is -2.34.